The molecule has 0 atom stereocenters. The van der Waals surface area contributed by atoms with E-state index in [4.69, 9.17) is 28.4 Å². The van der Waals surface area contributed by atoms with Crippen LogP contribution in [0.25, 0.3) is 0 Å². The van der Waals surface area contributed by atoms with Crippen LogP contribution in [0.5, 0.6) is 0 Å². The second-order valence-electron chi connectivity index (χ2n) is 9.60. The van der Waals surface area contributed by atoms with Crippen LogP contribution in [0.3, 0.4) is 0 Å². The van der Waals surface area contributed by atoms with Gasteiger partial charge < -0.3 is 28.4 Å². The Bertz CT molecular complexity index is 1520. The number of rotatable bonds is 6. The van der Waals surface area contributed by atoms with E-state index in [9.17, 15) is 19.2 Å². The normalized spacial score (nSPS) is 19.4. The summed E-state index contributed by atoms with van der Waals surface area (Å²) in [6.07, 6.45) is 0. The Kier molecular flexibility index (Phi) is 8.51. The number of nitrogens with zero attached hydrogens (tertiary/aromatic N) is 2. The minimum atomic E-state index is -2.60. The van der Waals surface area contributed by atoms with Crippen molar-refractivity contribution in [1.29, 1.82) is 0 Å². The van der Waals surface area contributed by atoms with Crippen LogP contribution in [0, 0.1) is 27.7 Å². The average Bonchev–Trinajstić information content (AvgIpc) is 3.48. The molecule has 2 aliphatic rings. The number of aryl methyl sites for hydroxylation is 4. The molecule has 0 aromatic heterocycles. The van der Waals surface area contributed by atoms with Crippen LogP contribution in [0.2, 0.25) is 0 Å². The number of hydrogen-bond acceptors (Lipinski definition) is 12. The second-order valence-corrected chi connectivity index (χ2v) is 9.60. The number of esters is 4. The topological polar surface area (TPSA) is 148 Å². The first-order valence-electron chi connectivity index (χ1n) is 13.0. The summed E-state index contributed by atoms with van der Waals surface area (Å²) >= 11 is 0. The lowest BCUT2D eigenvalue weighted by molar-refractivity contribution is -0.148. The molecule has 2 aromatic carbocycles. The molecule has 2 heterocycles. The summed E-state index contributed by atoms with van der Waals surface area (Å²) < 4.78 is 32.4. The maximum Gasteiger partial charge on any atom is 0.344 e. The van der Waals surface area contributed by atoms with Crippen molar-refractivity contribution in [2.75, 3.05) is 28.4 Å². The third-order valence-corrected chi connectivity index (χ3v) is 6.93. The Hall–Kier alpha value is -5.26. The van der Waals surface area contributed by atoms with E-state index < -0.39 is 63.8 Å². The van der Waals surface area contributed by atoms with Gasteiger partial charge in [0.15, 0.2) is 0 Å². The highest BCUT2D eigenvalue weighted by Gasteiger charge is 2.66. The Labute approximate surface area is 247 Å². The van der Waals surface area contributed by atoms with Crippen LogP contribution < -0.4 is 0 Å². The lowest BCUT2D eigenvalue weighted by Gasteiger charge is -2.26. The van der Waals surface area contributed by atoms with Crippen LogP contribution in [0.15, 0.2) is 68.7 Å². The number of carbonyl (C=O) groups is 4. The Morgan fingerprint density at radius 2 is 0.860 bits per heavy atom. The summed E-state index contributed by atoms with van der Waals surface area (Å²) in [6.45, 7) is 7.15. The quantitative estimate of drug-likeness (QED) is 0.360. The molecule has 0 N–H and O–H groups in total. The molecular weight excluding hydrogens is 560 g/mol. The number of ether oxygens (including phenoxy) is 6. The maximum atomic E-state index is 13.5. The first-order valence-corrected chi connectivity index (χ1v) is 13.0. The molecule has 4 rings (SSSR count). The van der Waals surface area contributed by atoms with Gasteiger partial charge in [-0.1, -0.05) is 36.4 Å². The highest BCUT2D eigenvalue weighted by Crippen LogP contribution is 2.49. The largest absolute Gasteiger partial charge is 0.465 e. The van der Waals surface area contributed by atoms with Crippen molar-refractivity contribution >= 4 is 47.0 Å². The van der Waals surface area contributed by atoms with E-state index in [0.717, 1.165) is 28.4 Å². The number of hydrogen-bond donors (Lipinski definition) is 0. The lowest BCUT2D eigenvalue weighted by Crippen LogP contribution is -2.41. The first kappa shape index (κ1) is 30.7. The van der Waals surface area contributed by atoms with Gasteiger partial charge in [0.2, 0.25) is 11.8 Å². The van der Waals surface area contributed by atoms with Crippen molar-refractivity contribution < 1.29 is 47.6 Å². The van der Waals surface area contributed by atoms with Gasteiger partial charge in [-0.05, 0) is 49.9 Å². The molecule has 2 aromatic rings. The Morgan fingerprint density at radius 3 is 1.14 bits per heavy atom. The molecule has 0 fully saturated rings. The molecule has 0 radical (unpaired) electrons. The molecule has 0 amide bonds. The Morgan fingerprint density at radius 1 is 0.558 bits per heavy atom. The zero-order valence-corrected chi connectivity index (χ0v) is 24.9. The van der Waals surface area contributed by atoms with Gasteiger partial charge in [-0.3, -0.25) is 0 Å². The van der Waals surface area contributed by atoms with Crippen molar-refractivity contribution in [2.45, 2.75) is 33.5 Å². The molecule has 1 spiro atoms. The molecule has 0 saturated heterocycles. The third-order valence-electron chi connectivity index (χ3n) is 6.93. The van der Waals surface area contributed by atoms with Crippen molar-refractivity contribution in [3.8, 4) is 0 Å². The molecular formula is C31H30N2O10. The highest BCUT2D eigenvalue weighted by molar-refractivity contribution is 6.29. The molecule has 12 nitrogen and oxygen atoms in total. The highest BCUT2D eigenvalue weighted by atomic mass is 16.7. The number of aliphatic imine (C=N–C) groups is 2. The average molecular weight is 591 g/mol. The predicted molar refractivity (Wildman–Crippen MR) is 153 cm³/mol. The molecule has 12 heteroatoms. The van der Waals surface area contributed by atoms with Crippen molar-refractivity contribution in [1.82, 2.24) is 0 Å². The van der Waals surface area contributed by atoms with Crippen molar-refractivity contribution in [3.05, 3.63) is 80.9 Å². The number of methoxy groups -OCH3 is 4. The van der Waals surface area contributed by atoms with Gasteiger partial charge >= 0.3 is 29.7 Å². The van der Waals surface area contributed by atoms with Gasteiger partial charge in [0.05, 0.1) is 39.8 Å². The van der Waals surface area contributed by atoms with E-state index in [2.05, 4.69) is 9.98 Å². The van der Waals surface area contributed by atoms with Crippen LogP contribution in [0.1, 0.15) is 22.3 Å². The molecule has 0 saturated carbocycles. The Balaban J connectivity index is 2.15. The smallest absolute Gasteiger partial charge is 0.344 e. The van der Waals surface area contributed by atoms with E-state index in [-0.39, 0.29) is 0 Å². The van der Waals surface area contributed by atoms with Gasteiger partial charge in [0, 0.05) is 0 Å². The molecule has 2 aliphatic heterocycles. The van der Waals surface area contributed by atoms with Gasteiger partial charge in [-0.25, -0.2) is 29.2 Å². The monoisotopic (exact) mass is 590 g/mol. The number of benzene rings is 2. The van der Waals surface area contributed by atoms with Gasteiger partial charge in [-0.15, -0.1) is 0 Å². The summed E-state index contributed by atoms with van der Waals surface area (Å²) in [5.74, 6) is -7.81. The summed E-state index contributed by atoms with van der Waals surface area (Å²) in [5, 5.41) is 0. The zero-order chi connectivity index (χ0) is 31.6. The van der Waals surface area contributed by atoms with Crippen LogP contribution >= 0.6 is 0 Å². The first-order chi connectivity index (χ1) is 20.4. The van der Waals surface area contributed by atoms with E-state index in [1.54, 1.807) is 52.0 Å². The number of carbonyl (C=O) groups excluding carboxylic acids is 4. The zero-order valence-electron chi connectivity index (χ0n) is 24.9. The fourth-order valence-corrected chi connectivity index (χ4v) is 4.85. The van der Waals surface area contributed by atoms with E-state index in [0.29, 0.717) is 33.6 Å². The minimum absolute atomic E-state index is 0.416. The van der Waals surface area contributed by atoms with E-state index >= 15 is 0 Å². The molecule has 0 unspecified atom stereocenters. The van der Waals surface area contributed by atoms with Crippen LogP contribution in [-0.4, -0.2) is 69.9 Å². The fourth-order valence-electron chi connectivity index (χ4n) is 4.85. The van der Waals surface area contributed by atoms with Gasteiger partial charge in [0.25, 0.3) is 0 Å². The van der Waals surface area contributed by atoms with E-state index in [1.165, 1.54) is 0 Å². The van der Waals surface area contributed by atoms with E-state index in [1.807, 2.05) is 12.1 Å². The van der Waals surface area contributed by atoms with Crippen molar-refractivity contribution in [3.63, 3.8) is 0 Å². The van der Waals surface area contributed by atoms with Gasteiger partial charge in [-0.2, -0.15) is 0 Å². The lowest BCUT2D eigenvalue weighted by atomic mass is 9.93. The van der Waals surface area contributed by atoms with Crippen molar-refractivity contribution in [2.24, 2.45) is 9.98 Å². The fraction of sp³-hybridized carbons (Fsp3) is 0.290. The third kappa shape index (κ3) is 5.16. The molecule has 43 heavy (non-hydrogen) atoms. The summed E-state index contributed by atoms with van der Waals surface area (Å²) in [6, 6.07) is 10.8. The second kappa shape index (κ2) is 11.9. The molecule has 224 valence electrons. The minimum Gasteiger partial charge on any atom is -0.465 e. The summed E-state index contributed by atoms with van der Waals surface area (Å²) in [5.41, 5.74) is 1.48. The molecule has 0 bridgehead atoms. The summed E-state index contributed by atoms with van der Waals surface area (Å²) in [7, 11) is 4.29. The van der Waals surface area contributed by atoms with Crippen LogP contribution in [0.4, 0.5) is 11.4 Å². The molecule has 0 aliphatic carbocycles. The van der Waals surface area contributed by atoms with Crippen LogP contribution in [-0.2, 0) is 47.6 Å². The SMILES string of the molecule is COC(=O)C1=C(C(=O)OC)C2(OC1=Nc1c(C)cccc1C)OC(=Nc1c(C)cccc1C)C(C(=O)OC)=C2C(=O)OC. The summed E-state index contributed by atoms with van der Waals surface area (Å²) in [4.78, 5) is 62.6. The number of para-hydroxylation sites is 2. The maximum absolute atomic E-state index is 13.5. The predicted octanol–water partition coefficient (Wildman–Crippen LogP) is 3.72. The van der Waals surface area contributed by atoms with Gasteiger partial charge in [0.1, 0.15) is 22.3 Å². The standard InChI is InChI=1S/C31H30N2O10/c1-15-11-9-12-16(2)23(15)32-25-19(27(34)38-5)21(29(36)40-7)31(42-25)22(30(37)41-8)20(28(35)39-6)26(43-31)33-24-17(3)13-10-14-18(24)4/h9-14H,1-8H3.